The second-order valence-electron chi connectivity index (χ2n) is 6.11. The highest BCUT2D eigenvalue weighted by molar-refractivity contribution is 5.87. The molecule has 0 radical (unpaired) electrons. The van der Waals surface area contributed by atoms with Gasteiger partial charge in [-0.15, -0.1) is 0 Å². The number of amides is 2. The van der Waals surface area contributed by atoms with E-state index in [2.05, 4.69) is 17.6 Å². The molecular weight excluding hydrogens is 244 g/mol. The maximum atomic E-state index is 11.9. The van der Waals surface area contributed by atoms with Crippen LogP contribution in [0.15, 0.2) is 0 Å². The molecule has 5 heteroatoms. The van der Waals surface area contributed by atoms with Crippen molar-refractivity contribution in [3.05, 3.63) is 0 Å². The fourth-order valence-electron chi connectivity index (χ4n) is 3.23. The number of carboxylic acids is 1. The summed E-state index contributed by atoms with van der Waals surface area (Å²) < 4.78 is 0. The van der Waals surface area contributed by atoms with Gasteiger partial charge in [0.1, 0.15) is 5.54 Å². The predicted molar refractivity (Wildman–Crippen MR) is 71.9 cm³/mol. The summed E-state index contributed by atoms with van der Waals surface area (Å²) in [6.07, 6.45) is 7.79. The van der Waals surface area contributed by atoms with Crippen LogP contribution in [-0.2, 0) is 4.79 Å². The third kappa shape index (κ3) is 2.85. The molecule has 2 saturated carbocycles. The molecule has 0 aliphatic heterocycles. The van der Waals surface area contributed by atoms with Crippen LogP contribution >= 0.6 is 0 Å². The second-order valence-corrected chi connectivity index (χ2v) is 6.11. The number of hydrogen-bond donors (Lipinski definition) is 3. The molecule has 0 bridgehead atoms. The quantitative estimate of drug-likeness (QED) is 0.715. The van der Waals surface area contributed by atoms with Crippen molar-refractivity contribution >= 4 is 12.0 Å². The predicted octanol–water partition coefficient (Wildman–Crippen LogP) is 2.26. The number of aliphatic carboxylic acids is 1. The smallest absolute Gasteiger partial charge is 0.329 e. The molecule has 0 aromatic rings. The van der Waals surface area contributed by atoms with E-state index in [0.717, 1.165) is 25.7 Å². The van der Waals surface area contributed by atoms with Crippen molar-refractivity contribution in [2.45, 2.75) is 63.8 Å². The largest absolute Gasteiger partial charge is 0.480 e. The number of hydrogen-bond acceptors (Lipinski definition) is 2. The first-order valence-corrected chi connectivity index (χ1v) is 7.31. The Morgan fingerprint density at radius 3 is 2.16 bits per heavy atom. The van der Waals surface area contributed by atoms with Crippen LogP contribution in [0.25, 0.3) is 0 Å². The van der Waals surface area contributed by atoms with Crippen LogP contribution in [0.3, 0.4) is 0 Å². The molecule has 2 fully saturated rings. The Labute approximate surface area is 114 Å². The monoisotopic (exact) mass is 268 g/mol. The highest BCUT2D eigenvalue weighted by Crippen LogP contribution is 2.40. The van der Waals surface area contributed by atoms with Crippen molar-refractivity contribution in [2.75, 3.05) is 6.54 Å². The van der Waals surface area contributed by atoms with Gasteiger partial charge in [-0.25, -0.2) is 9.59 Å². The van der Waals surface area contributed by atoms with Crippen molar-refractivity contribution in [3.63, 3.8) is 0 Å². The molecule has 5 nitrogen and oxygen atoms in total. The van der Waals surface area contributed by atoms with Gasteiger partial charge in [0.15, 0.2) is 0 Å². The van der Waals surface area contributed by atoms with Crippen LogP contribution in [0.1, 0.15) is 58.3 Å². The lowest BCUT2D eigenvalue weighted by molar-refractivity contribution is -0.148. The Morgan fingerprint density at radius 2 is 1.74 bits per heavy atom. The van der Waals surface area contributed by atoms with Crippen molar-refractivity contribution in [1.82, 2.24) is 10.6 Å². The first-order chi connectivity index (χ1) is 9.02. The normalized spacial score (nSPS) is 23.4. The van der Waals surface area contributed by atoms with E-state index in [4.69, 9.17) is 5.11 Å². The van der Waals surface area contributed by atoms with Gasteiger partial charge in [0.2, 0.25) is 0 Å². The summed E-state index contributed by atoms with van der Waals surface area (Å²) in [5, 5.41) is 14.7. The summed E-state index contributed by atoms with van der Waals surface area (Å²) in [7, 11) is 0. The molecule has 0 saturated heterocycles. The summed E-state index contributed by atoms with van der Waals surface area (Å²) in [5.74, 6) is -0.917. The maximum Gasteiger partial charge on any atom is 0.329 e. The molecule has 0 heterocycles. The van der Waals surface area contributed by atoms with E-state index < -0.39 is 11.5 Å². The van der Waals surface area contributed by atoms with Gasteiger partial charge in [-0.1, -0.05) is 19.8 Å². The minimum atomic E-state index is -1.01. The third-order valence-electron chi connectivity index (χ3n) is 5.01. The Balaban J connectivity index is 1.83. The zero-order chi connectivity index (χ0) is 13.9. The second kappa shape index (κ2) is 5.39. The van der Waals surface area contributed by atoms with Gasteiger partial charge in [0.05, 0.1) is 0 Å². The lowest BCUT2D eigenvalue weighted by atomic mass is 9.77. The van der Waals surface area contributed by atoms with E-state index in [0.29, 0.717) is 19.4 Å². The number of carbonyl (C=O) groups excluding carboxylic acids is 1. The highest BCUT2D eigenvalue weighted by atomic mass is 16.4. The molecule has 19 heavy (non-hydrogen) atoms. The number of carbonyl (C=O) groups is 2. The van der Waals surface area contributed by atoms with Gasteiger partial charge in [0.25, 0.3) is 0 Å². The van der Waals surface area contributed by atoms with E-state index >= 15 is 0 Å². The van der Waals surface area contributed by atoms with E-state index in [1.807, 2.05) is 0 Å². The molecule has 0 aromatic heterocycles. The SMILES string of the molecule is CCC1(CNC(=O)NC2(C(=O)O)CCC2)CCCC1. The van der Waals surface area contributed by atoms with Crippen LogP contribution in [0.5, 0.6) is 0 Å². The average Bonchev–Trinajstić information content (AvgIpc) is 2.80. The fourth-order valence-corrected chi connectivity index (χ4v) is 3.23. The minimum Gasteiger partial charge on any atom is -0.480 e. The number of urea groups is 1. The maximum absolute atomic E-state index is 11.9. The van der Waals surface area contributed by atoms with Crippen LogP contribution in [0, 0.1) is 5.41 Å². The molecule has 3 N–H and O–H groups in total. The van der Waals surface area contributed by atoms with E-state index in [1.54, 1.807) is 0 Å². The summed E-state index contributed by atoms with van der Waals surface area (Å²) in [5.41, 5.74) is -0.785. The first kappa shape index (κ1) is 14.2. The Morgan fingerprint density at radius 1 is 1.11 bits per heavy atom. The molecule has 2 rings (SSSR count). The molecule has 108 valence electrons. The molecule has 0 aromatic carbocycles. The fraction of sp³-hybridized carbons (Fsp3) is 0.857. The van der Waals surface area contributed by atoms with Crippen molar-refractivity contribution < 1.29 is 14.7 Å². The summed E-state index contributed by atoms with van der Waals surface area (Å²) in [4.78, 5) is 23.1. The van der Waals surface area contributed by atoms with Gasteiger partial charge in [-0.05, 0) is 43.9 Å². The Hall–Kier alpha value is -1.26. The van der Waals surface area contributed by atoms with Crippen molar-refractivity contribution in [2.24, 2.45) is 5.41 Å². The molecule has 2 aliphatic rings. The minimum absolute atomic E-state index is 0.230. The summed E-state index contributed by atoms with van der Waals surface area (Å²) in [6, 6.07) is -0.332. The summed E-state index contributed by atoms with van der Waals surface area (Å²) >= 11 is 0. The van der Waals surface area contributed by atoms with E-state index in [9.17, 15) is 9.59 Å². The lowest BCUT2D eigenvalue weighted by Gasteiger charge is -2.38. The molecule has 2 aliphatic carbocycles. The van der Waals surface area contributed by atoms with E-state index in [1.165, 1.54) is 12.8 Å². The van der Waals surface area contributed by atoms with Crippen LogP contribution < -0.4 is 10.6 Å². The molecular formula is C14H24N2O3. The topological polar surface area (TPSA) is 78.4 Å². The van der Waals surface area contributed by atoms with Gasteiger partial charge in [-0.2, -0.15) is 0 Å². The average molecular weight is 268 g/mol. The Bertz CT molecular complexity index is 358. The van der Waals surface area contributed by atoms with Gasteiger partial charge in [-0.3, -0.25) is 0 Å². The number of carboxylic acid groups (broad SMARTS) is 1. The van der Waals surface area contributed by atoms with Gasteiger partial charge >= 0.3 is 12.0 Å². The number of rotatable bonds is 5. The number of nitrogens with one attached hydrogen (secondary N) is 2. The molecule has 2 amide bonds. The highest BCUT2D eigenvalue weighted by Gasteiger charge is 2.46. The van der Waals surface area contributed by atoms with Crippen molar-refractivity contribution in [1.29, 1.82) is 0 Å². The van der Waals surface area contributed by atoms with Gasteiger partial charge in [0, 0.05) is 6.54 Å². The van der Waals surface area contributed by atoms with E-state index in [-0.39, 0.29) is 11.4 Å². The third-order valence-corrected chi connectivity index (χ3v) is 5.01. The lowest BCUT2D eigenvalue weighted by Crippen LogP contribution is -2.61. The summed E-state index contributed by atoms with van der Waals surface area (Å²) in [6.45, 7) is 2.82. The van der Waals surface area contributed by atoms with Crippen LogP contribution in [0.2, 0.25) is 0 Å². The van der Waals surface area contributed by atoms with Gasteiger partial charge < -0.3 is 15.7 Å². The van der Waals surface area contributed by atoms with Crippen LogP contribution in [0.4, 0.5) is 4.79 Å². The molecule has 0 unspecified atom stereocenters. The zero-order valence-corrected chi connectivity index (χ0v) is 11.6. The van der Waals surface area contributed by atoms with Crippen molar-refractivity contribution in [3.8, 4) is 0 Å². The zero-order valence-electron chi connectivity index (χ0n) is 11.6. The first-order valence-electron chi connectivity index (χ1n) is 7.31. The van der Waals surface area contributed by atoms with Crippen LogP contribution in [-0.4, -0.2) is 29.2 Å². The standard InChI is InChI=1S/C14H24N2O3/c1-2-13(6-3-4-7-13)10-15-12(19)16-14(11(17)18)8-5-9-14/h2-10H2,1H3,(H,17,18)(H2,15,16,19). The molecule has 0 atom stereocenters. The molecule has 0 spiro atoms. The Kier molecular flexibility index (Phi) is 4.02.